The molecule has 2 aromatic carbocycles. The maximum Gasteiger partial charge on any atom is 0.280 e. The minimum absolute atomic E-state index is 0.288. The first-order valence-electron chi connectivity index (χ1n) is 7.95. The van der Waals surface area contributed by atoms with Crippen LogP contribution in [0.25, 0.3) is 0 Å². The Hall–Kier alpha value is -1.73. The fourth-order valence-electron chi connectivity index (χ4n) is 2.24. The van der Waals surface area contributed by atoms with Crippen molar-refractivity contribution in [1.29, 1.82) is 0 Å². The van der Waals surface area contributed by atoms with Crippen molar-refractivity contribution < 1.29 is 8.42 Å². The summed E-state index contributed by atoms with van der Waals surface area (Å²) >= 11 is 0. The third-order valence-corrected chi connectivity index (χ3v) is 5.14. The van der Waals surface area contributed by atoms with Crippen LogP contribution in [0, 0.1) is 0 Å². The molecule has 0 aliphatic carbocycles. The van der Waals surface area contributed by atoms with E-state index in [1.54, 1.807) is 0 Å². The average molecular weight is 347 g/mol. The topological polar surface area (TPSA) is 52.7 Å². The summed E-state index contributed by atoms with van der Waals surface area (Å²) in [5, 5.41) is 0. The molecular weight excluding hydrogens is 322 g/mol. The summed E-state index contributed by atoms with van der Waals surface area (Å²) in [6, 6.07) is 19.2. The van der Waals surface area contributed by atoms with Gasteiger partial charge in [0.15, 0.2) is 0 Å². The highest BCUT2D eigenvalue weighted by atomic mass is 32.2. The average Bonchev–Trinajstić information content (AvgIpc) is 2.58. The highest BCUT2D eigenvalue weighted by molar-refractivity contribution is 7.87. The van der Waals surface area contributed by atoms with Gasteiger partial charge in [-0.3, -0.25) is 0 Å². The van der Waals surface area contributed by atoms with Crippen LogP contribution in [0.5, 0.6) is 0 Å². The first-order valence-corrected chi connectivity index (χ1v) is 9.39. The molecule has 0 aliphatic heterocycles. The molecule has 5 nitrogen and oxygen atoms in total. The van der Waals surface area contributed by atoms with Gasteiger partial charge >= 0.3 is 0 Å². The Balaban J connectivity index is 2.08. The zero-order valence-corrected chi connectivity index (χ0v) is 15.0. The van der Waals surface area contributed by atoms with E-state index in [-0.39, 0.29) is 6.54 Å². The number of hydrogen-bond acceptors (Lipinski definition) is 3. The Labute approximate surface area is 145 Å². The van der Waals surface area contributed by atoms with E-state index in [0.29, 0.717) is 19.6 Å². The lowest BCUT2D eigenvalue weighted by molar-refractivity contribution is 0.326. The minimum Gasteiger partial charge on any atom is -0.308 e. The molecule has 0 aromatic heterocycles. The predicted octanol–water partition coefficient (Wildman–Crippen LogP) is 2.08. The maximum absolute atomic E-state index is 12.7. The van der Waals surface area contributed by atoms with Gasteiger partial charge in [0.25, 0.3) is 10.2 Å². The molecule has 0 unspecified atom stereocenters. The van der Waals surface area contributed by atoms with Crippen LogP contribution in [0.2, 0.25) is 0 Å². The molecular formula is C18H25N3O2S. The number of benzene rings is 2. The van der Waals surface area contributed by atoms with E-state index in [1.165, 1.54) is 4.31 Å². The summed E-state index contributed by atoms with van der Waals surface area (Å²) in [5.41, 5.74) is 1.91. The molecule has 0 bridgehead atoms. The van der Waals surface area contributed by atoms with Crippen LogP contribution in [0.3, 0.4) is 0 Å². The number of likely N-dealkylation sites (N-methyl/N-ethyl adjacent to an activating group) is 1. The predicted molar refractivity (Wildman–Crippen MR) is 97.6 cm³/mol. The molecule has 2 rings (SSSR count). The number of nitrogens with zero attached hydrogens (tertiary/aromatic N) is 2. The SMILES string of the molecule is CN(C)CCN(Cc1ccccc1)S(=O)(=O)NCc1ccccc1. The molecule has 2 aromatic rings. The summed E-state index contributed by atoms with van der Waals surface area (Å²) in [7, 11) is 0.313. The van der Waals surface area contributed by atoms with Gasteiger partial charge in [-0.1, -0.05) is 60.7 Å². The van der Waals surface area contributed by atoms with Gasteiger partial charge < -0.3 is 4.90 Å². The second kappa shape index (κ2) is 8.94. The highest BCUT2D eigenvalue weighted by Gasteiger charge is 2.21. The Morgan fingerprint density at radius 3 is 1.92 bits per heavy atom. The van der Waals surface area contributed by atoms with Crippen molar-refractivity contribution in [2.45, 2.75) is 13.1 Å². The zero-order chi connectivity index (χ0) is 17.4. The lowest BCUT2D eigenvalue weighted by Gasteiger charge is -2.24. The molecule has 0 fully saturated rings. The number of rotatable bonds is 9. The smallest absolute Gasteiger partial charge is 0.280 e. The third-order valence-electron chi connectivity index (χ3n) is 3.64. The zero-order valence-electron chi connectivity index (χ0n) is 14.2. The van der Waals surface area contributed by atoms with Crippen LogP contribution in [0.1, 0.15) is 11.1 Å². The van der Waals surface area contributed by atoms with E-state index in [0.717, 1.165) is 11.1 Å². The molecule has 0 heterocycles. The van der Waals surface area contributed by atoms with Crippen molar-refractivity contribution in [2.24, 2.45) is 0 Å². The van der Waals surface area contributed by atoms with Crippen molar-refractivity contribution in [2.75, 3.05) is 27.2 Å². The lowest BCUT2D eigenvalue weighted by atomic mass is 10.2. The van der Waals surface area contributed by atoms with E-state index < -0.39 is 10.2 Å². The van der Waals surface area contributed by atoms with Crippen molar-refractivity contribution >= 4 is 10.2 Å². The minimum atomic E-state index is -3.56. The van der Waals surface area contributed by atoms with Gasteiger partial charge in [0.2, 0.25) is 0 Å². The van der Waals surface area contributed by atoms with Crippen LogP contribution in [-0.2, 0) is 23.3 Å². The summed E-state index contributed by atoms with van der Waals surface area (Å²) in [4.78, 5) is 1.98. The van der Waals surface area contributed by atoms with Gasteiger partial charge in [-0.2, -0.15) is 17.4 Å². The van der Waals surface area contributed by atoms with Crippen LogP contribution in [-0.4, -0.2) is 44.8 Å². The van der Waals surface area contributed by atoms with Crippen molar-refractivity contribution in [3.63, 3.8) is 0 Å². The molecule has 0 radical (unpaired) electrons. The van der Waals surface area contributed by atoms with Crippen LogP contribution < -0.4 is 4.72 Å². The van der Waals surface area contributed by atoms with E-state index in [1.807, 2.05) is 79.7 Å². The molecule has 24 heavy (non-hydrogen) atoms. The Morgan fingerprint density at radius 2 is 1.38 bits per heavy atom. The van der Waals surface area contributed by atoms with Gasteiger partial charge in [-0.25, -0.2) is 0 Å². The molecule has 1 N–H and O–H groups in total. The molecule has 0 amide bonds. The van der Waals surface area contributed by atoms with Gasteiger partial charge in [0, 0.05) is 26.2 Å². The first-order chi connectivity index (χ1) is 11.5. The van der Waals surface area contributed by atoms with E-state index in [9.17, 15) is 8.42 Å². The third kappa shape index (κ3) is 6.05. The summed E-state index contributed by atoms with van der Waals surface area (Å²) in [5.74, 6) is 0. The van der Waals surface area contributed by atoms with Gasteiger partial charge in [0.05, 0.1) is 0 Å². The molecule has 0 aliphatic rings. The van der Waals surface area contributed by atoms with E-state index >= 15 is 0 Å². The Morgan fingerprint density at radius 1 is 0.833 bits per heavy atom. The Bertz CT molecular complexity index is 704. The van der Waals surface area contributed by atoms with Gasteiger partial charge in [-0.15, -0.1) is 0 Å². The highest BCUT2D eigenvalue weighted by Crippen LogP contribution is 2.09. The number of nitrogens with one attached hydrogen (secondary N) is 1. The van der Waals surface area contributed by atoms with Crippen LogP contribution in [0.4, 0.5) is 0 Å². The van der Waals surface area contributed by atoms with Crippen LogP contribution in [0.15, 0.2) is 60.7 Å². The molecule has 0 spiro atoms. The quantitative estimate of drug-likeness (QED) is 0.756. The standard InChI is InChI=1S/C18H25N3O2S/c1-20(2)13-14-21(16-18-11-7-4-8-12-18)24(22,23)19-15-17-9-5-3-6-10-17/h3-12,19H,13-16H2,1-2H3. The van der Waals surface area contributed by atoms with Gasteiger partial charge in [0.1, 0.15) is 0 Å². The molecule has 6 heteroatoms. The fraction of sp³-hybridized carbons (Fsp3) is 0.333. The second-order valence-electron chi connectivity index (χ2n) is 5.93. The van der Waals surface area contributed by atoms with E-state index in [2.05, 4.69) is 4.72 Å². The lowest BCUT2D eigenvalue weighted by Crippen LogP contribution is -2.43. The summed E-state index contributed by atoms with van der Waals surface area (Å²) in [6.45, 7) is 1.75. The first kappa shape index (κ1) is 18.6. The second-order valence-corrected chi connectivity index (χ2v) is 7.69. The molecule has 0 saturated heterocycles. The monoisotopic (exact) mass is 347 g/mol. The number of hydrogen-bond donors (Lipinski definition) is 1. The fourth-order valence-corrected chi connectivity index (χ4v) is 3.42. The summed E-state index contributed by atoms with van der Waals surface area (Å²) in [6.07, 6.45) is 0. The Kier molecular flexibility index (Phi) is 6.93. The molecule has 0 atom stereocenters. The van der Waals surface area contributed by atoms with Crippen LogP contribution >= 0.6 is 0 Å². The molecule has 0 saturated carbocycles. The van der Waals surface area contributed by atoms with Gasteiger partial charge in [-0.05, 0) is 25.2 Å². The normalized spacial score (nSPS) is 12.0. The maximum atomic E-state index is 12.7. The van der Waals surface area contributed by atoms with Crippen molar-refractivity contribution in [3.8, 4) is 0 Å². The molecule has 130 valence electrons. The van der Waals surface area contributed by atoms with Crippen molar-refractivity contribution in [1.82, 2.24) is 13.9 Å². The van der Waals surface area contributed by atoms with Crippen molar-refractivity contribution in [3.05, 3.63) is 71.8 Å². The van der Waals surface area contributed by atoms with E-state index in [4.69, 9.17) is 0 Å². The largest absolute Gasteiger partial charge is 0.308 e. The summed E-state index contributed by atoms with van der Waals surface area (Å²) < 4.78 is 29.6.